The molecule has 3 N–H and O–H groups in total. The van der Waals surface area contributed by atoms with E-state index in [0.717, 1.165) is 12.8 Å². The third-order valence-electron chi connectivity index (χ3n) is 2.08. The highest BCUT2D eigenvalue weighted by Crippen LogP contribution is 2.09. The lowest BCUT2D eigenvalue weighted by molar-refractivity contribution is 0.531. The molecule has 1 atom stereocenters. The van der Waals surface area contributed by atoms with Crippen molar-refractivity contribution in [1.82, 2.24) is 5.43 Å². The van der Waals surface area contributed by atoms with Crippen LogP contribution >= 0.6 is 22.6 Å². The van der Waals surface area contributed by atoms with Crippen molar-refractivity contribution < 1.29 is 0 Å². The van der Waals surface area contributed by atoms with E-state index in [4.69, 9.17) is 5.84 Å². The molecular formula is C11H15IN2. The topological polar surface area (TPSA) is 38.0 Å². The second-order valence-corrected chi connectivity index (χ2v) is 4.46. The number of hydrogen-bond acceptors (Lipinski definition) is 2. The first-order valence-corrected chi connectivity index (χ1v) is 5.65. The number of nitrogens with two attached hydrogens (primary N) is 1. The second kappa shape index (κ2) is 6.16. The van der Waals surface area contributed by atoms with Gasteiger partial charge in [0.05, 0.1) is 0 Å². The van der Waals surface area contributed by atoms with E-state index in [-0.39, 0.29) is 6.04 Å². The molecule has 0 heterocycles. The summed E-state index contributed by atoms with van der Waals surface area (Å²) in [6.45, 7) is 3.71. The van der Waals surface area contributed by atoms with Gasteiger partial charge in [-0.3, -0.25) is 11.3 Å². The van der Waals surface area contributed by atoms with E-state index in [1.165, 1.54) is 9.13 Å². The molecule has 1 aromatic carbocycles. The lowest BCUT2D eigenvalue weighted by Gasteiger charge is -2.13. The molecule has 1 rings (SSSR count). The Balaban J connectivity index is 2.57. The average Bonchev–Trinajstić information content (AvgIpc) is 2.20. The van der Waals surface area contributed by atoms with Crippen LogP contribution in [0.5, 0.6) is 0 Å². The van der Waals surface area contributed by atoms with Crippen LogP contribution < -0.4 is 11.3 Å². The maximum absolute atomic E-state index is 5.44. The first-order chi connectivity index (χ1) is 6.76. The number of hydrogen-bond donors (Lipinski definition) is 2. The molecule has 14 heavy (non-hydrogen) atoms. The molecule has 0 aromatic heterocycles. The quantitative estimate of drug-likeness (QED) is 0.379. The zero-order valence-electron chi connectivity index (χ0n) is 8.04. The van der Waals surface area contributed by atoms with Crippen LogP contribution in [0, 0.1) is 3.57 Å². The Labute approximate surface area is 98.7 Å². The first-order valence-electron chi connectivity index (χ1n) is 4.57. The summed E-state index contributed by atoms with van der Waals surface area (Å²) in [7, 11) is 0. The Morgan fingerprint density at radius 2 is 2.07 bits per heavy atom. The van der Waals surface area contributed by atoms with Crippen molar-refractivity contribution in [2.45, 2.75) is 18.9 Å². The minimum Gasteiger partial charge on any atom is -0.271 e. The van der Waals surface area contributed by atoms with Gasteiger partial charge >= 0.3 is 0 Å². The van der Waals surface area contributed by atoms with Crippen molar-refractivity contribution >= 4 is 22.6 Å². The molecule has 0 aliphatic heterocycles. The lowest BCUT2D eigenvalue weighted by Crippen LogP contribution is -2.36. The summed E-state index contributed by atoms with van der Waals surface area (Å²) in [6, 6.07) is 8.77. The Morgan fingerprint density at radius 1 is 1.43 bits per heavy atom. The monoisotopic (exact) mass is 302 g/mol. The van der Waals surface area contributed by atoms with Crippen molar-refractivity contribution in [3.63, 3.8) is 0 Å². The van der Waals surface area contributed by atoms with Crippen LogP contribution in [-0.4, -0.2) is 6.04 Å². The van der Waals surface area contributed by atoms with Gasteiger partial charge in [0.1, 0.15) is 0 Å². The number of rotatable bonds is 5. The highest BCUT2D eigenvalue weighted by molar-refractivity contribution is 14.1. The average molecular weight is 302 g/mol. The number of hydrazine groups is 1. The molecule has 0 saturated carbocycles. The fourth-order valence-electron chi connectivity index (χ4n) is 1.32. The van der Waals surface area contributed by atoms with Crippen molar-refractivity contribution in [1.29, 1.82) is 0 Å². The Bertz CT molecular complexity index is 282. The fourth-order valence-corrected chi connectivity index (χ4v) is 1.68. The van der Waals surface area contributed by atoms with Crippen LogP contribution in [0.3, 0.4) is 0 Å². The number of nitrogens with one attached hydrogen (secondary N) is 1. The van der Waals surface area contributed by atoms with Gasteiger partial charge in [-0.1, -0.05) is 18.2 Å². The summed E-state index contributed by atoms with van der Waals surface area (Å²) in [4.78, 5) is 0. The summed E-state index contributed by atoms with van der Waals surface area (Å²) in [5.41, 5.74) is 4.09. The molecular weight excluding hydrogens is 287 g/mol. The molecule has 0 aliphatic carbocycles. The van der Waals surface area contributed by atoms with Gasteiger partial charge in [0, 0.05) is 9.61 Å². The van der Waals surface area contributed by atoms with Crippen LogP contribution in [0.25, 0.3) is 0 Å². The lowest BCUT2D eigenvalue weighted by atomic mass is 10.0. The van der Waals surface area contributed by atoms with Crippen molar-refractivity contribution in [2.75, 3.05) is 0 Å². The van der Waals surface area contributed by atoms with Crippen molar-refractivity contribution in [3.8, 4) is 0 Å². The van der Waals surface area contributed by atoms with Gasteiger partial charge in [-0.25, -0.2) is 0 Å². The summed E-state index contributed by atoms with van der Waals surface area (Å²) in [6.07, 6.45) is 3.72. The molecule has 1 unspecified atom stereocenters. The number of benzene rings is 1. The molecule has 0 spiro atoms. The molecule has 2 nitrogen and oxygen atoms in total. The molecule has 76 valence electrons. The first kappa shape index (κ1) is 11.7. The van der Waals surface area contributed by atoms with Crippen molar-refractivity contribution in [3.05, 3.63) is 46.1 Å². The summed E-state index contributed by atoms with van der Waals surface area (Å²) in [5, 5.41) is 0. The molecule has 0 fully saturated rings. The zero-order valence-corrected chi connectivity index (χ0v) is 10.2. The van der Waals surface area contributed by atoms with E-state index in [2.05, 4.69) is 58.9 Å². The number of halogens is 1. The highest BCUT2D eigenvalue weighted by Gasteiger charge is 2.04. The van der Waals surface area contributed by atoms with Crippen LogP contribution in [0.4, 0.5) is 0 Å². The maximum Gasteiger partial charge on any atom is 0.0285 e. The summed E-state index contributed by atoms with van der Waals surface area (Å²) >= 11 is 2.30. The molecule has 0 bridgehead atoms. The van der Waals surface area contributed by atoms with Gasteiger partial charge in [0.25, 0.3) is 0 Å². The predicted octanol–water partition coefficient (Wildman–Crippen LogP) is 2.24. The van der Waals surface area contributed by atoms with Crippen molar-refractivity contribution in [2.24, 2.45) is 5.84 Å². The van der Waals surface area contributed by atoms with Gasteiger partial charge in [0.15, 0.2) is 0 Å². The highest BCUT2D eigenvalue weighted by atomic mass is 127. The Morgan fingerprint density at radius 3 is 2.57 bits per heavy atom. The molecule has 0 amide bonds. The largest absolute Gasteiger partial charge is 0.271 e. The van der Waals surface area contributed by atoms with Gasteiger partial charge < -0.3 is 0 Å². The molecule has 0 aliphatic rings. The predicted molar refractivity (Wildman–Crippen MR) is 68.8 cm³/mol. The summed E-state index contributed by atoms with van der Waals surface area (Å²) < 4.78 is 1.26. The maximum atomic E-state index is 5.44. The standard InChI is InChI=1S/C11H15IN2/c1-2-3-11(14-13)8-9-4-6-10(12)7-5-9/h2,4-7,11,14H,1,3,8,13H2. The zero-order chi connectivity index (χ0) is 10.4. The Hall–Kier alpha value is -0.390. The van der Waals surface area contributed by atoms with Crippen LogP contribution in [0.2, 0.25) is 0 Å². The van der Waals surface area contributed by atoms with E-state index >= 15 is 0 Å². The summed E-state index contributed by atoms with van der Waals surface area (Å²) in [5.74, 6) is 5.44. The second-order valence-electron chi connectivity index (χ2n) is 3.22. The molecule has 0 radical (unpaired) electrons. The van der Waals surface area contributed by atoms with E-state index in [0.29, 0.717) is 0 Å². The normalized spacial score (nSPS) is 12.4. The Kier molecular flexibility index (Phi) is 5.14. The van der Waals surface area contributed by atoms with Gasteiger partial charge in [-0.2, -0.15) is 0 Å². The fraction of sp³-hybridized carbons (Fsp3) is 0.273. The van der Waals surface area contributed by atoms with Gasteiger partial charge in [0.2, 0.25) is 0 Å². The third kappa shape index (κ3) is 3.77. The molecule has 1 aromatic rings. The van der Waals surface area contributed by atoms with E-state index in [1.807, 2.05) is 6.08 Å². The molecule has 3 heteroatoms. The van der Waals surface area contributed by atoms with Crippen LogP contribution in [0.1, 0.15) is 12.0 Å². The van der Waals surface area contributed by atoms with Gasteiger partial charge in [-0.15, -0.1) is 6.58 Å². The van der Waals surface area contributed by atoms with E-state index in [1.54, 1.807) is 0 Å². The molecule has 0 saturated heterocycles. The smallest absolute Gasteiger partial charge is 0.0285 e. The van der Waals surface area contributed by atoms with Crippen LogP contribution in [-0.2, 0) is 6.42 Å². The minimum atomic E-state index is 0.285. The van der Waals surface area contributed by atoms with Crippen LogP contribution in [0.15, 0.2) is 36.9 Å². The third-order valence-corrected chi connectivity index (χ3v) is 2.80. The SMILES string of the molecule is C=CCC(Cc1ccc(I)cc1)NN. The van der Waals surface area contributed by atoms with E-state index < -0.39 is 0 Å². The minimum absolute atomic E-state index is 0.285. The van der Waals surface area contributed by atoms with Gasteiger partial charge in [-0.05, 0) is 53.1 Å². The van der Waals surface area contributed by atoms with E-state index in [9.17, 15) is 0 Å².